The molecule has 1 amide bonds. The van der Waals surface area contributed by atoms with Crippen LogP contribution in [0.2, 0.25) is 0 Å². The van der Waals surface area contributed by atoms with Gasteiger partial charge in [0.2, 0.25) is 17.7 Å². The van der Waals surface area contributed by atoms with Crippen molar-refractivity contribution in [2.75, 3.05) is 37.7 Å². The number of aromatic nitrogens is 2. The Morgan fingerprint density at radius 1 is 1.16 bits per heavy atom. The summed E-state index contributed by atoms with van der Waals surface area (Å²) < 4.78 is 25.4. The molecule has 0 N–H and O–H groups in total. The molecule has 0 atom stereocenters. The molecule has 2 aromatic rings. The second-order valence-corrected chi connectivity index (χ2v) is 8.86. The zero-order valence-corrected chi connectivity index (χ0v) is 18.5. The predicted octanol–water partition coefficient (Wildman–Crippen LogP) is 3.63. The van der Waals surface area contributed by atoms with Crippen LogP contribution in [0.25, 0.3) is 0 Å². The van der Waals surface area contributed by atoms with Gasteiger partial charge in [0.25, 0.3) is 0 Å². The van der Waals surface area contributed by atoms with Crippen molar-refractivity contribution < 1.29 is 18.7 Å². The summed E-state index contributed by atoms with van der Waals surface area (Å²) in [5.74, 6) is 1.69. The Morgan fingerprint density at radius 3 is 2.69 bits per heavy atom. The number of ether oxygens (including phenoxy) is 2. The number of aryl methyl sites for hydroxylation is 1. The summed E-state index contributed by atoms with van der Waals surface area (Å²) in [6, 6.07) is 4.68. The number of halogens is 1. The smallest absolute Gasteiger partial charge is 0.229 e. The minimum absolute atomic E-state index is 0.134. The topological polar surface area (TPSA) is 67.8 Å². The number of anilines is 1. The van der Waals surface area contributed by atoms with Crippen molar-refractivity contribution in [2.45, 2.75) is 45.6 Å². The summed E-state index contributed by atoms with van der Waals surface area (Å²) in [7, 11) is 0. The molecule has 0 spiro atoms. The van der Waals surface area contributed by atoms with Gasteiger partial charge in [-0.3, -0.25) is 4.79 Å². The van der Waals surface area contributed by atoms with Crippen molar-refractivity contribution in [2.24, 2.45) is 5.92 Å². The molecule has 0 radical (unpaired) electrons. The number of amides is 1. The standard InChI is InChI=1S/C24H29FN4O3/c1-16-14-18(6-7-20(16)25)32-22-19-15-29(23(30)17-4-2-3-5-17)9-8-21(19)26-24(27-22)28-10-12-31-13-11-28/h6-7,14,17H,2-5,8-13,15H2,1H3. The minimum atomic E-state index is -0.274. The lowest BCUT2D eigenvalue weighted by Gasteiger charge is -2.33. The van der Waals surface area contributed by atoms with E-state index >= 15 is 0 Å². The summed E-state index contributed by atoms with van der Waals surface area (Å²) in [6.07, 6.45) is 4.89. The second-order valence-electron chi connectivity index (χ2n) is 8.86. The number of hydrogen-bond acceptors (Lipinski definition) is 6. The monoisotopic (exact) mass is 440 g/mol. The molecular formula is C24H29FN4O3. The van der Waals surface area contributed by atoms with Crippen molar-refractivity contribution >= 4 is 11.9 Å². The molecule has 5 rings (SSSR count). The van der Waals surface area contributed by atoms with E-state index in [1.165, 1.54) is 6.07 Å². The van der Waals surface area contributed by atoms with Crippen LogP contribution in [0.15, 0.2) is 18.2 Å². The van der Waals surface area contributed by atoms with Crippen LogP contribution in [0.4, 0.5) is 10.3 Å². The predicted molar refractivity (Wildman–Crippen MR) is 117 cm³/mol. The molecule has 1 aliphatic carbocycles. The average molecular weight is 441 g/mol. The van der Waals surface area contributed by atoms with Gasteiger partial charge >= 0.3 is 0 Å². The maximum atomic E-state index is 13.8. The highest BCUT2D eigenvalue weighted by molar-refractivity contribution is 5.79. The van der Waals surface area contributed by atoms with E-state index in [-0.39, 0.29) is 17.6 Å². The first-order valence-electron chi connectivity index (χ1n) is 11.5. The number of fused-ring (bicyclic) bond motifs is 1. The molecule has 3 heterocycles. The minimum Gasteiger partial charge on any atom is -0.438 e. The SMILES string of the molecule is Cc1cc(Oc2nc(N3CCOCC3)nc3c2CN(C(=O)C2CCCC2)CC3)ccc1F. The van der Waals surface area contributed by atoms with Gasteiger partial charge in [-0.05, 0) is 43.5 Å². The Labute approximate surface area is 187 Å². The zero-order valence-electron chi connectivity index (χ0n) is 18.5. The van der Waals surface area contributed by atoms with E-state index in [1.54, 1.807) is 19.1 Å². The Balaban J connectivity index is 1.47. The molecule has 2 aliphatic heterocycles. The van der Waals surface area contributed by atoms with E-state index in [4.69, 9.17) is 19.4 Å². The fourth-order valence-corrected chi connectivity index (χ4v) is 4.77. The number of hydrogen-bond donors (Lipinski definition) is 0. The second kappa shape index (κ2) is 9.02. The normalized spacial score (nSPS) is 19.2. The van der Waals surface area contributed by atoms with Gasteiger partial charge in [-0.1, -0.05) is 12.8 Å². The fraction of sp³-hybridized carbons (Fsp3) is 0.542. The van der Waals surface area contributed by atoms with Crippen LogP contribution < -0.4 is 9.64 Å². The molecule has 1 saturated heterocycles. The van der Waals surface area contributed by atoms with Crippen LogP contribution in [-0.4, -0.2) is 53.6 Å². The molecule has 0 bridgehead atoms. The van der Waals surface area contributed by atoms with Gasteiger partial charge in [0.05, 0.1) is 31.0 Å². The van der Waals surface area contributed by atoms with Gasteiger partial charge in [-0.2, -0.15) is 4.98 Å². The van der Waals surface area contributed by atoms with E-state index in [0.717, 1.165) is 50.0 Å². The van der Waals surface area contributed by atoms with Crippen LogP contribution in [0, 0.1) is 18.7 Å². The third-order valence-corrected chi connectivity index (χ3v) is 6.66. The van der Waals surface area contributed by atoms with Crippen molar-refractivity contribution in [3.8, 4) is 11.6 Å². The van der Waals surface area contributed by atoms with E-state index in [9.17, 15) is 9.18 Å². The lowest BCUT2D eigenvalue weighted by atomic mass is 10.0. The summed E-state index contributed by atoms with van der Waals surface area (Å²) >= 11 is 0. The third-order valence-electron chi connectivity index (χ3n) is 6.66. The fourth-order valence-electron chi connectivity index (χ4n) is 4.77. The van der Waals surface area contributed by atoms with Crippen LogP contribution in [-0.2, 0) is 22.5 Å². The third kappa shape index (κ3) is 4.28. The van der Waals surface area contributed by atoms with Gasteiger partial charge in [-0.15, -0.1) is 0 Å². The van der Waals surface area contributed by atoms with Crippen molar-refractivity contribution in [1.29, 1.82) is 0 Å². The molecule has 7 nitrogen and oxygen atoms in total. The highest BCUT2D eigenvalue weighted by Crippen LogP contribution is 2.34. The quantitative estimate of drug-likeness (QED) is 0.723. The van der Waals surface area contributed by atoms with Gasteiger partial charge in [0, 0.05) is 32.0 Å². The van der Waals surface area contributed by atoms with E-state index in [2.05, 4.69) is 4.90 Å². The average Bonchev–Trinajstić information content (AvgIpc) is 3.36. The highest BCUT2D eigenvalue weighted by Gasteiger charge is 2.32. The summed E-state index contributed by atoms with van der Waals surface area (Å²) in [5.41, 5.74) is 2.28. The van der Waals surface area contributed by atoms with Crippen LogP contribution in [0.3, 0.4) is 0 Å². The lowest BCUT2D eigenvalue weighted by molar-refractivity contribution is -0.136. The maximum Gasteiger partial charge on any atom is 0.229 e. The number of nitrogens with zero attached hydrogens (tertiary/aromatic N) is 4. The molecular weight excluding hydrogens is 411 g/mol. The summed E-state index contributed by atoms with van der Waals surface area (Å²) in [6.45, 7) is 5.54. The molecule has 0 unspecified atom stereocenters. The Hall–Kier alpha value is -2.74. The van der Waals surface area contributed by atoms with E-state index in [1.807, 2.05) is 4.90 Å². The molecule has 1 aromatic heterocycles. The van der Waals surface area contributed by atoms with Gasteiger partial charge in [0.15, 0.2) is 0 Å². The van der Waals surface area contributed by atoms with Crippen LogP contribution in [0.1, 0.15) is 42.5 Å². The van der Waals surface area contributed by atoms with E-state index in [0.29, 0.717) is 55.9 Å². The first-order chi connectivity index (χ1) is 15.6. The first-order valence-corrected chi connectivity index (χ1v) is 11.5. The molecule has 3 aliphatic rings. The number of carbonyl (C=O) groups excluding carboxylic acids is 1. The molecule has 32 heavy (non-hydrogen) atoms. The highest BCUT2D eigenvalue weighted by atomic mass is 19.1. The molecule has 1 saturated carbocycles. The van der Waals surface area contributed by atoms with Crippen molar-refractivity contribution in [3.63, 3.8) is 0 Å². The number of morpholine rings is 1. The Kier molecular flexibility index (Phi) is 5.95. The zero-order chi connectivity index (χ0) is 22.1. The van der Waals surface area contributed by atoms with E-state index < -0.39 is 0 Å². The molecule has 2 fully saturated rings. The summed E-state index contributed by atoms with van der Waals surface area (Å²) in [4.78, 5) is 26.7. The van der Waals surface area contributed by atoms with Crippen LogP contribution >= 0.6 is 0 Å². The Bertz CT molecular complexity index is 1000. The first kappa shape index (κ1) is 21.1. The molecule has 8 heteroatoms. The number of carbonyl (C=O) groups is 1. The van der Waals surface area contributed by atoms with Crippen LogP contribution in [0.5, 0.6) is 11.6 Å². The van der Waals surface area contributed by atoms with Crippen molar-refractivity contribution in [3.05, 3.63) is 40.8 Å². The number of rotatable bonds is 4. The van der Waals surface area contributed by atoms with Gasteiger partial charge < -0.3 is 19.3 Å². The molecule has 1 aromatic carbocycles. The Morgan fingerprint density at radius 2 is 1.94 bits per heavy atom. The largest absolute Gasteiger partial charge is 0.438 e. The lowest BCUT2D eigenvalue weighted by Crippen LogP contribution is -2.41. The van der Waals surface area contributed by atoms with Gasteiger partial charge in [-0.25, -0.2) is 9.37 Å². The van der Waals surface area contributed by atoms with Crippen molar-refractivity contribution in [1.82, 2.24) is 14.9 Å². The number of benzene rings is 1. The maximum absolute atomic E-state index is 13.8. The molecule has 170 valence electrons. The van der Waals surface area contributed by atoms with Gasteiger partial charge in [0.1, 0.15) is 11.6 Å². The summed E-state index contributed by atoms with van der Waals surface area (Å²) in [5, 5.41) is 0.